The Morgan fingerprint density at radius 2 is 2.07 bits per heavy atom. The van der Waals surface area contributed by atoms with Crippen molar-refractivity contribution >= 4 is 5.97 Å². The molecule has 1 unspecified atom stereocenters. The highest BCUT2D eigenvalue weighted by molar-refractivity contribution is 5.75. The second-order valence-electron chi connectivity index (χ2n) is 4.41. The molecule has 0 fully saturated rings. The molecule has 0 amide bonds. The Morgan fingerprint density at radius 3 is 2.53 bits per heavy atom. The van der Waals surface area contributed by atoms with Gasteiger partial charge in [-0.1, -0.05) is 43.7 Å². The standard InChI is InChI=1S/C12H17NO2/c1-8-5-4-6-9(7-8)12(2,3)10(13)11(14)15/h4-7,10H,13H2,1-3H3,(H,14,15). The molecule has 1 aromatic carbocycles. The lowest BCUT2D eigenvalue weighted by Crippen LogP contribution is -2.46. The molecule has 0 bridgehead atoms. The first-order chi connectivity index (χ1) is 6.85. The summed E-state index contributed by atoms with van der Waals surface area (Å²) < 4.78 is 0. The Hall–Kier alpha value is -1.35. The van der Waals surface area contributed by atoms with Crippen molar-refractivity contribution in [2.45, 2.75) is 32.2 Å². The van der Waals surface area contributed by atoms with Gasteiger partial charge in [-0.25, -0.2) is 0 Å². The Balaban J connectivity index is 3.10. The second kappa shape index (κ2) is 4.03. The lowest BCUT2D eigenvalue weighted by Gasteiger charge is -2.29. The maximum absolute atomic E-state index is 10.9. The van der Waals surface area contributed by atoms with Gasteiger partial charge in [-0.2, -0.15) is 0 Å². The molecule has 0 saturated heterocycles. The fraction of sp³-hybridized carbons (Fsp3) is 0.417. The normalized spacial score (nSPS) is 13.6. The topological polar surface area (TPSA) is 63.3 Å². The van der Waals surface area contributed by atoms with E-state index in [1.807, 2.05) is 45.0 Å². The van der Waals surface area contributed by atoms with E-state index >= 15 is 0 Å². The quantitative estimate of drug-likeness (QED) is 0.792. The first-order valence-electron chi connectivity index (χ1n) is 4.91. The van der Waals surface area contributed by atoms with E-state index < -0.39 is 17.4 Å². The lowest BCUT2D eigenvalue weighted by atomic mass is 9.78. The van der Waals surface area contributed by atoms with E-state index in [0.29, 0.717) is 0 Å². The van der Waals surface area contributed by atoms with Crippen LogP contribution < -0.4 is 5.73 Å². The zero-order chi connectivity index (χ0) is 11.6. The number of aryl methyl sites for hydroxylation is 1. The summed E-state index contributed by atoms with van der Waals surface area (Å²) in [7, 11) is 0. The zero-order valence-electron chi connectivity index (χ0n) is 9.32. The van der Waals surface area contributed by atoms with Gasteiger partial charge in [0, 0.05) is 5.41 Å². The predicted molar refractivity (Wildman–Crippen MR) is 59.8 cm³/mol. The van der Waals surface area contributed by atoms with Crippen LogP contribution in [0.1, 0.15) is 25.0 Å². The smallest absolute Gasteiger partial charge is 0.321 e. The Morgan fingerprint density at radius 1 is 1.47 bits per heavy atom. The van der Waals surface area contributed by atoms with Crippen LogP contribution in [0.3, 0.4) is 0 Å². The van der Waals surface area contributed by atoms with Gasteiger partial charge in [-0.05, 0) is 12.5 Å². The number of rotatable bonds is 3. The molecule has 3 heteroatoms. The van der Waals surface area contributed by atoms with Gasteiger partial charge in [0.15, 0.2) is 0 Å². The van der Waals surface area contributed by atoms with E-state index in [-0.39, 0.29) is 0 Å². The van der Waals surface area contributed by atoms with Crippen LogP contribution in [-0.2, 0) is 10.2 Å². The minimum Gasteiger partial charge on any atom is -0.480 e. The van der Waals surface area contributed by atoms with Crippen molar-refractivity contribution in [2.24, 2.45) is 5.73 Å². The molecule has 0 aliphatic carbocycles. The molecule has 0 spiro atoms. The molecule has 1 atom stereocenters. The highest BCUT2D eigenvalue weighted by Crippen LogP contribution is 2.26. The van der Waals surface area contributed by atoms with Crippen LogP contribution in [0.4, 0.5) is 0 Å². The van der Waals surface area contributed by atoms with Crippen LogP contribution in [-0.4, -0.2) is 17.1 Å². The maximum atomic E-state index is 10.9. The minimum absolute atomic E-state index is 0.558. The molecule has 0 heterocycles. The summed E-state index contributed by atoms with van der Waals surface area (Å²) in [6.45, 7) is 5.67. The van der Waals surface area contributed by atoms with Crippen molar-refractivity contribution in [3.05, 3.63) is 35.4 Å². The molecule has 1 rings (SSSR count). The van der Waals surface area contributed by atoms with Crippen LogP contribution >= 0.6 is 0 Å². The van der Waals surface area contributed by atoms with Crippen LogP contribution in [0.2, 0.25) is 0 Å². The fourth-order valence-corrected chi connectivity index (χ4v) is 1.53. The number of nitrogens with two attached hydrogens (primary N) is 1. The third-order valence-electron chi connectivity index (χ3n) is 2.81. The number of carbonyl (C=O) groups is 1. The van der Waals surface area contributed by atoms with Crippen molar-refractivity contribution in [3.63, 3.8) is 0 Å². The Labute approximate surface area is 89.9 Å². The van der Waals surface area contributed by atoms with Gasteiger partial charge in [-0.15, -0.1) is 0 Å². The molecule has 1 aromatic rings. The fourth-order valence-electron chi connectivity index (χ4n) is 1.53. The molecule has 0 aliphatic rings. The van der Waals surface area contributed by atoms with Gasteiger partial charge < -0.3 is 10.8 Å². The molecular formula is C12H17NO2. The van der Waals surface area contributed by atoms with Crippen LogP contribution in [0.5, 0.6) is 0 Å². The molecule has 0 saturated carbocycles. The molecule has 3 nitrogen and oxygen atoms in total. The van der Waals surface area contributed by atoms with Crippen LogP contribution in [0, 0.1) is 6.92 Å². The molecule has 3 N–H and O–H groups in total. The monoisotopic (exact) mass is 207 g/mol. The number of hydrogen-bond donors (Lipinski definition) is 2. The van der Waals surface area contributed by atoms with Crippen molar-refractivity contribution in [2.75, 3.05) is 0 Å². The Kier molecular flexibility index (Phi) is 3.15. The van der Waals surface area contributed by atoms with Crippen LogP contribution in [0.15, 0.2) is 24.3 Å². The summed E-state index contributed by atoms with van der Waals surface area (Å²) in [5, 5.41) is 8.92. The average Bonchev–Trinajstić information content (AvgIpc) is 2.16. The molecular weight excluding hydrogens is 190 g/mol. The second-order valence-corrected chi connectivity index (χ2v) is 4.41. The maximum Gasteiger partial charge on any atom is 0.321 e. The third-order valence-corrected chi connectivity index (χ3v) is 2.81. The lowest BCUT2D eigenvalue weighted by molar-refractivity contribution is -0.140. The van der Waals surface area contributed by atoms with E-state index in [1.54, 1.807) is 0 Å². The van der Waals surface area contributed by atoms with Gasteiger partial charge in [0.1, 0.15) is 6.04 Å². The highest BCUT2D eigenvalue weighted by atomic mass is 16.4. The minimum atomic E-state index is -0.971. The first kappa shape index (κ1) is 11.7. The first-order valence-corrected chi connectivity index (χ1v) is 4.91. The molecule has 0 aromatic heterocycles. The number of carboxylic acids is 1. The van der Waals surface area contributed by atoms with E-state index in [2.05, 4.69) is 0 Å². The summed E-state index contributed by atoms with van der Waals surface area (Å²) in [4.78, 5) is 10.9. The summed E-state index contributed by atoms with van der Waals surface area (Å²) in [6, 6.07) is 6.89. The molecule has 15 heavy (non-hydrogen) atoms. The van der Waals surface area contributed by atoms with Gasteiger partial charge in [0.25, 0.3) is 0 Å². The average molecular weight is 207 g/mol. The summed E-state index contributed by atoms with van der Waals surface area (Å²) in [5.74, 6) is -0.971. The number of carboxylic acid groups (broad SMARTS) is 1. The molecule has 0 aliphatic heterocycles. The van der Waals surface area contributed by atoms with Crippen molar-refractivity contribution < 1.29 is 9.90 Å². The van der Waals surface area contributed by atoms with E-state index in [0.717, 1.165) is 11.1 Å². The van der Waals surface area contributed by atoms with Crippen molar-refractivity contribution in [3.8, 4) is 0 Å². The van der Waals surface area contributed by atoms with Gasteiger partial charge in [0.2, 0.25) is 0 Å². The highest BCUT2D eigenvalue weighted by Gasteiger charge is 2.33. The number of hydrogen-bond acceptors (Lipinski definition) is 2. The van der Waals surface area contributed by atoms with Crippen molar-refractivity contribution in [1.29, 1.82) is 0 Å². The van der Waals surface area contributed by atoms with Crippen molar-refractivity contribution in [1.82, 2.24) is 0 Å². The van der Waals surface area contributed by atoms with Crippen LogP contribution in [0.25, 0.3) is 0 Å². The Bertz CT molecular complexity index is 372. The summed E-state index contributed by atoms with van der Waals surface area (Å²) >= 11 is 0. The summed E-state index contributed by atoms with van der Waals surface area (Å²) in [6.07, 6.45) is 0. The largest absolute Gasteiger partial charge is 0.480 e. The zero-order valence-corrected chi connectivity index (χ0v) is 9.32. The SMILES string of the molecule is Cc1cccc(C(C)(C)C(N)C(=O)O)c1. The third kappa shape index (κ3) is 2.36. The van der Waals surface area contributed by atoms with Gasteiger partial charge >= 0.3 is 5.97 Å². The molecule has 82 valence electrons. The summed E-state index contributed by atoms with van der Waals surface area (Å²) in [5.41, 5.74) is 7.18. The van der Waals surface area contributed by atoms with E-state index in [9.17, 15) is 4.79 Å². The number of aliphatic carboxylic acids is 1. The van der Waals surface area contributed by atoms with E-state index in [4.69, 9.17) is 10.8 Å². The van der Waals surface area contributed by atoms with Gasteiger partial charge in [0.05, 0.1) is 0 Å². The molecule has 0 radical (unpaired) electrons. The van der Waals surface area contributed by atoms with E-state index in [1.165, 1.54) is 0 Å². The number of benzene rings is 1. The van der Waals surface area contributed by atoms with Gasteiger partial charge in [-0.3, -0.25) is 4.79 Å². The predicted octanol–water partition coefficient (Wildman–Crippen LogP) is 1.68.